The average molecular weight is 320 g/mol. The van der Waals surface area contributed by atoms with Crippen molar-refractivity contribution in [1.82, 2.24) is 4.90 Å². The third-order valence-electron chi connectivity index (χ3n) is 3.41. The zero-order chi connectivity index (χ0) is 15.4. The second-order valence-electron chi connectivity index (χ2n) is 4.83. The van der Waals surface area contributed by atoms with Gasteiger partial charge >= 0.3 is 0 Å². The lowest BCUT2D eigenvalue weighted by molar-refractivity contribution is -0.00554. The Labute approximate surface area is 126 Å². The van der Waals surface area contributed by atoms with Crippen molar-refractivity contribution < 1.29 is 23.4 Å². The van der Waals surface area contributed by atoms with Crippen molar-refractivity contribution >= 4 is 17.5 Å². The molecule has 1 heterocycles. The average Bonchev–Trinajstić information content (AvgIpc) is 2.48. The Hall–Kier alpha value is -1.24. The van der Waals surface area contributed by atoms with Gasteiger partial charge in [0.25, 0.3) is 5.91 Å². The van der Waals surface area contributed by atoms with Gasteiger partial charge in [-0.2, -0.15) is 0 Å². The largest absolute Gasteiger partial charge is 0.394 e. The molecule has 1 aliphatic heterocycles. The Morgan fingerprint density at radius 2 is 1.95 bits per heavy atom. The van der Waals surface area contributed by atoms with Crippen LogP contribution in [0.1, 0.15) is 23.2 Å². The first-order valence-electron chi connectivity index (χ1n) is 6.69. The van der Waals surface area contributed by atoms with E-state index in [1.807, 2.05) is 0 Å². The lowest BCUT2D eigenvalue weighted by atomic mass is 10.1. The summed E-state index contributed by atoms with van der Waals surface area (Å²) in [4.78, 5) is 13.8. The Morgan fingerprint density at radius 1 is 1.33 bits per heavy atom. The molecule has 0 atom stereocenters. The van der Waals surface area contributed by atoms with E-state index in [2.05, 4.69) is 0 Å². The number of hydrogen-bond acceptors (Lipinski definition) is 3. The summed E-state index contributed by atoms with van der Waals surface area (Å²) < 4.78 is 31.7. The zero-order valence-electron chi connectivity index (χ0n) is 11.3. The number of carbonyl (C=O) groups excluding carboxylic acids is 1. The first-order chi connectivity index (χ1) is 10.0. The molecule has 0 aromatic heterocycles. The topological polar surface area (TPSA) is 49.8 Å². The van der Waals surface area contributed by atoms with E-state index in [1.165, 1.54) is 4.90 Å². The number of ether oxygens (including phenoxy) is 1. The summed E-state index contributed by atoms with van der Waals surface area (Å²) in [5.74, 6) is -2.59. The van der Waals surface area contributed by atoms with Gasteiger partial charge in [-0.05, 0) is 25.0 Å². The summed E-state index contributed by atoms with van der Waals surface area (Å²) in [6.07, 6.45) is 1.27. The van der Waals surface area contributed by atoms with Crippen LogP contribution in [0.4, 0.5) is 8.78 Å². The third-order valence-corrected chi connectivity index (χ3v) is 3.73. The standard InChI is InChI=1S/C14H16ClF2NO3/c15-11-8-13(17)12(16)7-10(11)14(20)18-3-1-9(2-4-18)21-6-5-19/h7-9,19H,1-6H2. The van der Waals surface area contributed by atoms with Crippen LogP contribution in [0, 0.1) is 11.6 Å². The molecular weight excluding hydrogens is 304 g/mol. The first-order valence-corrected chi connectivity index (χ1v) is 7.07. The molecule has 0 unspecified atom stereocenters. The molecule has 0 saturated carbocycles. The van der Waals surface area contributed by atoms with Gasteiger partial charge in [-0.15, -0.1) is 0 Å². The van der Waals surface area contributed by atoms with Gasteiger partial charge in [0.15, 0.2) is 11.6 Å². The number of carbonyl (C=O) groups is 1. The number of amides is 1. The van der Waals surface area contributed by atoms with Crippen molar-refractivity contribution in [2.24, 2.45) is 0 Å². The van der Waals surface area contributed by atoms with Crippen molar-refractivity contribution in [2.45, 2.75) is 18.9 Å². The minimum atomic E-state index is -1.09. The number of benzene rings is 1. The molecule has 0 radical (unpaired) electrons. The molecule has 0 spiro atoms. The van der Waals surface area contributed by atoms with Gasteiger partial charge in [-0.25, -0.2) is 8.78 Å². The van der Waals surface area contributed by atoms with Gasteiger partial charge in [0, 0.05) is 13.1 Å². The normalized spacial score (nSPS) is 16.3. The van der Waals surface area contributed by atoms with Crippen LogP contribution < -0.4 is 0 Å². The van der Waals surface area contributed by atoms with Crippen LogP contribution in [-0.4, -0.2) is 48.3 Å². The molecular formula is C14H16ClF2NO3. The molecule has 1 aliphatic rings. The lowest BCUT2D eigenvalue weighted by Gasteiger charge is -2.32. The minimum absolute atomic E-state index is 0.00151. The minimum Gasteiger partial charge on any atom is -0.394 e. The number of aliphatic hydroxyl groups is 1. The highest BCUT2D eigenvalue weighted by Crippen LogP contribution is 2.23. The Kier molecular flexibility index (Phi) is 5.50. The predicted molar refractivity (Wildman–Crippen MR) is 73.3 cm³/mol. The molecule has 1 saturated heterocycles. The number of nitrogens with zero attached hydrogens (tertiary/aromatic N) is 1. The number of rotatable bonds is 4. The van der Waals surface area contributed by atoms with Gasteiger partial charge in [0.2, 0.25) is 0 Å². The van der Waals surface area contributed by atoms with Crippen LogP contribution >= 0.6 is 11.6 Å². The van der Waals surface area contributed by atoms with Gasteiger partial charge in [-0.3, -0.25) is 4.79 Å². The Balaban J connectivity index is 2.00. The van der Waals surface area contributed by atoms with Crippen LogP contribution in [0.5, 0.6) is 0 Å². The fraction of sp³-hybridized carbons (Fsp3) is 0.500. The molecule has 1 N–H and O–H groups in total. The molecule has 21 heavy (non-hydrogen) atoms. The maximum Gasteiger partial charge on any atom is 0.255 e. The number of aliphatic hydroxyl groups excluding tert-OH is 1. The molecule has 0 bridgehead atoms. The van der Waals surface area contributed by atoms with E-state index in [4.69, 9.17) is 21.4 Å². The summed E-state index contributed by atoms with van der Waals surface area (Å²) in [6, 6.07) is 1.63. The van der Waals surface area contributed by atoms with Crippen molar-refractivity contribution in [3.63, 3.8) is 0 Å². The van der Waals surface area contributed by atoms with Crippen LogP contribution in [0.25, 0.3) is 0 Å². The van der Waals surface area contributed by atoms with Gasteiger partial charge in [0.05, 0.1) is 29.9 Å². The van der Waals surface area contributed by atoms with Gasteiger partial charge < -0.3 is 14.7 Å². The molecule has 2 rings (SSSR count). The Bertz CT molecular complexity index is 519. The fourth-order valence-corrected chi connectivity index (χ4v) is 2.53. The van der Waals surface area contributed by atoms with Crippen molar-refractivity contribution in [1.29, 1.82) is 0 Å². The summed E-state index contributed by atoms with van der Waals surface area (Å²) >= 11 is 5.81. The van der Waals surface area contributed by atoms with Crippen molar-refractivity contribution in [3.8, 4) is 0 Å². The van der Waals surface area contributed by atoms with Crippen LogP contribution in [0.15, 0.2) is 12.1 Å². The second kappa shape index (κ2) is 7.15. The highest BCUT2D eigenvalue weighted by Gasteiger charge is 2.26. The number of likely N-dealkylation sites (tertiary alicyclic amines) is 1. The lowest BCUT2D eigenvalue weighted by Crippen LogP contribution is -2.41. The van der Waals surface area contributed by atoms with E-state index in [0.717, 1.165) is 12.1 Å². The van der Waals surface area contributed by atoms with E-state index >= 15 is 0 Å². The first kappa shape index (κ1) is 16.1. The zero-order valence-corrected chi connectivity index (χ0v) is 12.1. The predicted octanol–water partition coefficient (Wildman–Crippen LogP) is 2.23. The maximum atomic E-state index is 13.2. The molecule has 0 aliphatic carbocycles. The van der Waals surface area contributed by atoms with Crippen LogP contribution in [0.3, 0.4) is 0 Å². The van der Waals surface area contributed by atoms with E-state index < -0.39 is 17.5 Å². The molecule has 1 aromatic rings. The van der Waals surface area contributed by atoms with E-state index in [0.29, 0.717) is 25.9 Å². The van der Waals surface area contributed by atoms with Crippen molar-refractivity contribution in [2.75, 3.05) is 26.3 Å². The summed E-state index contributed by atoms with van der Waals surface area (Å²) in [5.41, 5.74) is -0.0368. The Morgan fingerprint density at radius 3 is 2.57 bits per heavy atom. The smallest absolute Gasteiger partial charge is 0.255 e. The monoisotopic (exact) mass is 319 g/mol. The summed E-state index contributed by atoms with van der Waals surface area (Å²) in [5, 5.41) is 8.59. The maximum absolute atomic E-state index is 13.2. The molecule has 4 nitrogen and oxygen atoms in total. The number of piperidine rings is 1. The molecule has 1 aromatic carbocycles. The van der Waals surface area contributed by atoms with Crippen molar-refractivity contribution in [3.05, 3.63) is 34.4 Å². The highest BCUT2D eigenvalue weighted by molar-refractivity contribution is 6.33. The second-order valence-corrected chi connectivity index (χ2v) is 5.24. The molecule has 1 fully saturated rings. The summed E-state index contributed by atoms with van der Waals surface area (Å²) in [7, 11) is 0. The van der Waals surface area contributed by atoms with E-state index in [9.17, 15) is 13.6 Å². The highest BCUT2D eigenvalue weighted by atomic mass is 35.5. The quantitative estimate of drug-likeness (QED) is 0.866. The van der Waals surface area contributed by atoms with Crippen LogP contribution in [0.2, 0.25) is 5.02 Å². The van der Waals surface area contributed by atoms with Gasteiger partial charge in [-0.1, -0.05) is 11.6 Å². The third kappa shape index (κ3) is 3.90. The molecule has 116 valence electrons. The number of hydrogen-bond donors (Lipinski definition) is 1. The molecule has 7 heteroatoms. The molecule has 1 amide bonds. The van der Waals surface area contributed by atoms with E-state index in [1.54, 1.807) is 0 Å². The van der Waals surface area contributed by atoms with Gasteiger partial charge in [0.1, 0.15) is 0 Å². The van der Waals surface area contributed by atoms with Crippen LogP contribution in [-0.2, 0) is 4.74 Å². The fourth-order valence-electron chi connectivity index (χ4n) is 2.30. The number of halogens is 3. The SMILES string of the molecule is O=C(c1cc(F)c(F)cc1Cl)N1CCC(OCCO)CC1. The summed E-state index contributed by atoms with van der Waals surface area (Å²) in [6.45, 7) is 1.13. The van der Waals surface area contributed by atoms with E-state index in [-0.39, 0.29) is 29.9 Å².